The number of hydrazine groups is 1. The lowest BCUT2D eigenvalue weighted by atomic mass is 9.92. The van der Waals surface area contributed by atoms with E-state index in [9.17, 15) is 43.3 Å². The smallest absolute Gasteiger partial charge is 0.426 e. The van der Waals surface area contributed by atoms with Gasteiger partial charge in [0.25, 0.3) is 5.91 Å². The molecule has 1 aromatic rings. The van der Waals surface area contributed by atoms with Crippen LogP contribution < -0.4 is 5.43 Å². The summed E-state index contributed by atoms with van der Waals surface area (Å²) in [6, 6.07) is -0.257. The highest BCUT2D eigenvalue weighted by Gasteiger charge is 2.52. The first-order valence-electron chi connectivity index (χ1n) is 9.27. The number of nitrogens with zero attached hydrogens (tertiary/aromatic N) is 2. The van der Waals surface area contributed by atoms with Crippen LogP contribution in [0.15, 0.2) is 12.1 Å². The SMILES string of the molecule is C[C@@H]1CC(=O)N1[C@@H](C(=O)O)[C@](C)(COC(=O)NN(C)C(=O)c1ccc(O)c(O)c1Cl)S(=O)[O-]. The van der Waals surface area contributed by atoms with Gasteiger partial charge in [0, 0.05) is 19.5 Å². The summed E-state index contributed by atoms with van der Waals surface area (Å²) in [6.07, 6.45) is -1.26. The van der Waals surface area contributed by atoms with Gasteiger partial charge in [-0.2, -0.15) is 0 Å². The summed E-state index contributed by atoms with van der Waals surface area (Å²) >= 11 is 2.72. The van der Waals surface area contributed by atoms with Crippen molar-refractivity contribution in [2.45, 2.75) is 37.1 Å². The van der Waals surface area contributed by atoms with Crippen molar-refractivity contribution in [1.29, 1.82) is 0 Å². The third kappa shape index (κ3) is 5.12. The summed E-state index contributed by atoms with van der Waals surface area (Å²) in [5, 5.41) is 28.7. The number of aliphatic carboxylic acids is 1. The highest BCUT2D eigenvalue weighted by atomic mass is 35.5. The molecule has 33 heavy (non-hydrogen) atoms. The van der Waals surface area contributed by atoms with Gasteiger partial charge in [0.05, 0.1) is 15.3 Å². The average Bonchev–Trinajstić information content (AvgIpc) is 2.73. The number of rotatable bonds is 7. The number of amides is 3. The van der Waals surface area contributed by atoms with Gasteiger partial charge >= 0.3 is 12.1 Å². The lowest BCUT2D eigenvalue weighted by Gasteiger charge is -2.49. The summed E-state index contributed by atoms with van der Waals surface area (Å²) in [4.78, 5) is 49.2. The van der Waals surface area contributed by atoms with Crippen LogP contribution in [0.3, 0.4) is 0 Å². The van der Waals surface area contributed by atoms with Crippen LogP contribution in [0.1, 0.15) is 30.6 Å². The van der Waals surface area contributed by atoms with Gasteiger partial charge in [-0.3, -0.25) is 18.8 Å². The van der Waals surface area contributed by atoms with E-state index in [1.165, 1.54) is 0 Å². The topological polar surface area (TPSA) is 197 Å². The van der Waals surface area contributed by atoms with Crippen molar-refractivity contribution in [1.82, 2.24) is 15.3 Å². The number of nitrogens with one attached hydrogen (secondary N) is 1. The highest BCUT2D eigenvalue weighted by molar-refractivity contribution is 7.80. The number of aromatic hydroxyl groups is 2. The Morgan fingerprint density at radius 2 is 2.03 bits per heavy atom. The van der Waals surface area contributed by atoms with E-state index >= 15 is 0 Å². The molecule has 4 atom stereocenters. The average molecular weight is 507 g/mol. The summed E-state index contributed by atoms with van der Waals surface area (Å²) in [6.45, 7) is 1.60. The van der Waals surface area contributed by atoms with Crippen LogP contribution >= 0.6 is 11.6 Å². The predicted molar refractivity (Wildman–Crippen MR) is 111 cm³/mol. The number of β-lactam (4-membered cyclic amide) rings is 1. The predicted octanol–water partition coefficient (Wildman–Crippen LogP) is 0.176. The van der Waals surface area contributed by atoms with Crippen molar-refractivity contribution in [3.63, 3.8) is 0 Å². The molecule has 4 N–H and O–H groups in total. The Morgan fingerprint density at radius 1 is 1.42 bits per heavy atom. The molecule has 1 saturated heterocycles. The van der Waals surface area contributed by atoms with Crippen molar-refractivity contribution >= 4 is 46.6 Å². The standard InChI is InChI=1S/C18H22ClN3O10S/c1-8-6-11(24)22(8)14(16(27)28)18(2,33(30)31)7-32-17(29)20-21(3)15(26)9-4-5-10(23)13(25)12(9)19/h4-5,8,14,23,25H,6-7H2,1-3H3,(H,20,29)(H,27,28)(H,30,31)/p-1/t8-,14+,18+/m1/s1. The molecule has 1 unspecified atom stereocenters. The van der Waals surface area contributed by atoms with Crippen molar-refractivity contribution in [3.8, 4) is 11.5 Å². The van der Waals surface area contributed by atoms with E-state index < -0.39 is 74.9 Å². The Labute approximate surface area is 195 Å². The normalized spacial score (nSPS) is 19.0. The van der Waals surface area contributed by atoms with Crippen molar-refractivity contribution in [2.75, 3.05) is 13.7 Å². The van der Waals surface area contributed by atoms with Crippen molar-refractivity contribution < 1.29 is 48.0 Å². The lowest BCUT2D eigenvalue weighted by molar-refractivity contribution is -0.163. The minimum Gasteiger partial charge on any atom is -0.772 e. The third-order valence-electron chi connectivity index (χ3n) is 5.08. The summed E-state index contributed by atoms with van der Waals surface area (Å²) in [5.74, 6) is -4.40. The first kappa shape index (κ1) is 26.2. The maximum Gasteiger partial charge on any atom is 0.426 e. The molecule has 1 aromatic carbocycles. The van der Waals surface area contributed by atoms with Crippen molar-refractivity contribution in [2.24, 2.45) is 0 Å². The Balaban J connectivity index is 2.12. The fraction of sp³-hybridized carbons (Fsp3) is 0.444. The second kappa shape index (κ2) is 9.80. The maximum atomic E-state index is 12.4. The Kier molecular flexibility index (Phi) is 7.77. The molecule has 1 heterocycles. The zero-order valence-electron chi connectivity index (χ0n) is 17.6. The fourth-order valence-corrected chi connectivity index (χ4v) is 4.00. The Morgan fingerprint density at radius 3 is 2.52 bits per heavy atom. The summed E-state index contributed by atoms with van der Waals surface area (Å²) < 4.78 is 26.5. The molecule has 0 saturated carbocycles. The van der Waals surface area contributed by atoms with Gasteiger partial charge in [-0.05, 0) is 37.1 Å². The molecule has 13 nitrogen and oxygen atoms in total. The minimum absolute atomic E-state index is 0.0506. The number of phenolic OH excluding ortho intramolecular Hbond substituents is 2. The van der Waals surface area contributed by atoms with Crippen LogP contribution in [0.5, 0.6) is 11.5 Å². The molecular weight excluding hydrogens is 486 g/mol. The quantitative estimate of drug-likeness (QED) is 0.171. The van der Waals surface area contributed by atoms with Gasteiger partial charge < -0.3 is 29.5 Å². The Bertz CT molecular complexity index is 1020. The van der Waals surface area contributed by atoms with Gasteiger partial charge in [0.2, 0.25) is 5.91 Å². The zero-order valence-corrected chi connectivity index (χ0v) is 19.2. The zero-order chi connectivity index (χ0) is 25.2. The molecule has 1 aliphatic rings. The van der Waals surface area contributed by atoms with Crippen LogP contribution in [0, 0.1) is 0 Å². The molecule has 3 amide bonds. The van der Waals surface area contributed by atoms with E-state index in [1.54, 1.807) is 6.92 Å². The van der Waals surface area contributed by atoms with Gasteiger partial charge in [-0.15, -0.1) is 0 Å². The highest BCUT2D eigenvalue weighted by Crippen LogP contribution is 2.36. The molecule has 0 spiro atoms. The molecule has 0 aromatic heterocycles. The molecule has 0 bridgehead atoms. The van der Waals surface area contributed by atoms with Gasteiger partial charge in [0.15, 0.2) is 11.5 Å². The maximum absolute atomic E-state index is 12.4. The van der Waals surface area contributed by atoms with E-state index in [-0.39, 0.29) is 12.0 Å². The molecule has 2 rings (SSSR count). The number of carboxylic acid groups (broad SMARTS) is 1. The number of hydrogen-bond donors (Lipinski definition) is 4. The first-order chi connectivity index (χ1) is 15.2. The first-order valence-corrected chi connectivity index (χ1v) is 10.7. The van der Waals surface area contributed by atoms with Crippen LogP contribution in [0.4, 0.5) is 4.79 Å². The van der Waals surface area contributed by atoms with Crippen LogP contribution in [0.25, 0.3) is 0 Å². The van der Waals surface area contributed by atoms with Gasteiger partial charge in [-0.1, -0.05) is 11.6 Å². The number of carbonyl (C=O) groups excluding carboxylic acids is 3. The van der Waals surface area contributed by atoms with E-state index in [0.717, 1.165) is 31.0 Å². The number of likely N-dealkylation sites (tertiary alicyclic amines) is 1. The third-order valence-corrected chi connectivity index (χ3v) is 6.57. The summed E-state index contributed by atoms with van der Waals surface area (Å²) in [5.41, 5.74) is 1.70. The van der Waals surface area contributed by atoms with Gasteiger partial charge in [-0.25, -0.2) is 15.0 Å². The lowest BCUT2D eigenvalue weighted by Crippen LogP contribution is -2.68. The largest absolute Gasteiger partial charge is 0.772 e. The molecular formula is C18H21ClN3O10S-. The molecule has 0 radical (unpaired) electrons. The number of benzene rings is 1. The van der Waals surface area contributed by atoms with E-state index in [4.69, 9.17) is 16.3 Å². The molecule has 182 valence electrons. The Hall–Kier alpha value is -3.10. The second-order valence-electron chi connectivity index (χ2n) is 7.49. The second-order valence-corrected chi connectivity index (χ2v) is 9.27. The van der Waals surface area contributed by atoms with Crippen LogP contribution in [0.2, 0.25) is 5.02 Å². The van der Waals surface area contributed by atoms with Gasteiger partial charge in [0.1, 0.15) is 12.6 Å². The van der Waals surface area contributed by atoms with Crippen molar-refractivity contribution in [3.05, 3.63) is 22.7 Å². The number of halogens is 1. The fourth-order valence-electron chi connectivity index (χ4n) is 3.21. The number of carbonyl (C=O) groups is 4. The molecule has 0 aliphatic carbocycles. The van der Waals surface area contributed by atoms with E-state index in [2.05, 4.69) is 0 Å². The number of carboxylic acids is 1. The molecule has 1 fully saturated rings. The number of phenols is 2. The molecule has 15 heteroatoms. The summed E-state index contributed by atoms with van der Waals surface area (Å²) in [7, 11) is 1.09. The monoisotopic (exact) mass is 506 g/mol. The van der Waals surface area contributed by atoms with E-state index in [0.29, 0.717) is 5.01 Å². The number of ether oxygens (including phenoxy) is 1. The molecule has 1 aliphatic heterocycles. The van der Waals surface area contributed by atoms with Crippen LogP contribution in [-0.2, 0) is 25.4 Å². The van der Waals surface area contributed by atoms with Crippen LogP contribution in [-0.4, -0.2) is 88.4 Å². The minimum atomic E-state index is -3.09. The number of hydrogen-bond acceptors (Lipinski definition) is 9. The van der Waals surface area contributed by atoms with E-state index in [1.807, 2.05) is 5.43 Å².